The summed E-state index contributed by atoms with van der Waals surface area (Å²) in [5.74, 6) is 1.06. The fraction of sp³-hybridized carbons (Fsp3) is 0.222. The highest BCUT2D eigenvalue weighted by molar-refractivity contribution is 7.99. The minimum absolute atomic E-state index is 0.0301. The Bertz CT molecular complexity index is 828. The molecule has 0 aliphatic carbocycles. The molecule has 0 unspecified atom stereocenters. The lowest BCUT2D eigenvalue weighted by atomic mass is 10.1. The summed E-state index contributed by atoms with van der Waals surface area (Å²) in [6.07, 6.45) is 1.60. The molecular weight excluding hydrogens is 308 g/mol. The Labute approximate surface area is 139 Å². The number of aryl methyl sites for hydroxylation is 2. The second kappa shape index (κ2) is 6.87. The van der Waals surface area contributed by atoms with Crippen LogP contribution >= 0.6 is 11.8 Å². The molecule has 1 N–H and O–H groups in total. The maximum Gasteiger partial charge on any atom is 0.230 e. The van der Waals surface area contributed by atoms with Gasteiger partial charge >= 0.3 is 0 Å². The van der Waals surface area contributed by atoms with Crippen LogP contribution in [0.15, 0.2) is 52.1 Å². The van der Waals surface area contributed by atoms with Crippen molar-refractivity contribution in [2.45, 2.75) is 25.4 Å². The second-order valence-corrected chi connectivity index (χ2v) is 6.37. The first-order valence-electron chi connectivity index (χ1n) is 7.42. The molecule has 0 atom stereocenters. The standard InChI is InChI=1S/C18H18N2O2S/c1-12-5-3-6-14-9-13(2)18(20-17(12)14)23-11-16(21)19-10-15-7-4-8-22-15/h3-9H,10-11H2,1-2H3,(H,19,21). The van der Waals surface area contributed by atoms with Crippen molar-refractivity contribution in [1.29, 1.82) is 0 Å². The van der Waals surface area contributed by atoms with Crippen LogP contribution in [0.5, 0.6) is 0 Å². The quantitative estimate of drug-likeness (QED) is 0.724. The number of amides is 1. The van der Waals surface area contributed by atoms with Crippen LogP contribution in [0.1, 0.15) is 16.9 Å². The molecule has 2 heterocycles. The van der Waals surface area contributed by atoms with Crippen LogP contribution in [0.3, 0.4) is 0 Å². The van der Waals surface area contributed by atoms with Crippen LogP contribution in [0.25, 0.3) is 10.9 Å². The highest BCUT2D eigenvalue weighted by atomic mass is 32.2. The zero-order valence-electron chi connectivity index (χ0n) is 13.1. The van der Waals surface area contributed by atoms with Gasteiger partial charge in [0.25, 0.3) is 0 Å². The van der Waals surface area contributed by atoms with E-state index in [1.807, 2.05) is 19.1 Å². The van der Waals surface area contributed by atoms with Gasteiger partial charge in [-0.05, 0) is 43.2 Å². The molecule has 3 rings (SSSR count). The molecule has 5 heteroatoms. The van der Waals surface area contributed by atoms with E-state index in [0.29, 0.717) is 12.3 Å². The lowest BCUT2D eigenvalue weighted by Crippen LogP contribution is -2.24. The SMILES string of the molecule is Cc1cc2cccc(C)c2nc1SCC(=O)NCc1ccco1. The molecule has 0 aliphatic rings. The van der Waals surface area contributed by atoms with Crippen LogP contribution in [0.2, 0.25) is 0 Å². The van der Waals surface area contributed by atoms with Crippen molar-refractivity contribution < 1.29 is 9.21 Å². The fourth-order valence-electron chi connectivity index (χ4n) is 2.37. The first-order chi connectivity index (χ1) is 11.1. The molecule has 1 aromatic carbocycles. The van der Waals surface area contributed by atoms with Crippen molar-refractivity contribution in [2.24, 2.45) is 0 Å². The zero-order valence-corrected chi connectivity index (χ0v) is 13.9. The summed E-state index contributed by atoms with van der Waals surface area (Å²) < 4.78 is 5.19. The Balaban J connectivity index is 1.65. The number of thioether (sulfide) groups is 1. The predicted molar refractivity (Wildman–Crippen MR) is 92.5 cm³/mol. The minimum Gasteiger partial charge on any atom is -0.467 e. The monoisotopic (exact) mass is 326 g/mol. The van der Waals surface area contributed by atoms with Crippen molar-refractivity contribution in [2.75, 3.05) is 5.75 Å². The molecule has 1 amide bonds. The highest BCUT2D eigenvalue weighted by Gasteiger charge is 2.09. The van der Waals surface area contributed by atoms with Crippen molar-refractivity contribution >= 4 is 28.6 Å². The summed E-state index contributed by atoms with van der Waals surface area (Å²) in [6, 6.07) is 11.9. The third-order valence-corrected chi connectivity index (χ3v) is 4.66. The molecule has 0 aliphatic heterocycles. The van der Waals surface area contributed by atoms with Gasteiger partial charge in [0, 0.05) is 5.39 Å². The zero-order chi connectivity index (χ0) is 16.2. The van der Waals surface area contributed by atoms with Gasteiger partial charge in [0.05, 0.1) is 24.1 Å². The predicted octanol–water partition coefficient (Wildman–Crippen LogP) is 3.85. The summed E-state index contributed by atoms with van der Waals surface area (Å²) in [7, 11) is 0. The Kier molecular flexibility index (Phi) is 4.67. The van der Waals surface area contributed by atoms with E-state index in [1.165, 1.54) is 11.8 Å². The number of fused-ring (bicyclic) bond motifs is 1. The Morgan fingerprint density at radius 1 is 1.22 bits per heavy atom. The lowest BCUT2D eigenvalue weighted by Gasteiger charge is -2.09. The van der Waals surface area contributed by atoms with Crippen molar-refractivity contribution in [1.82, 2.24) is 10.3 Å². The second-order valence-electron chi connectivity index (χ2n) is 5.40. The molecule has 0 saturated heterocycles. The molecule has 0 spiro atoms. The molecule has 0 radical (unpaired) electrons. The Morgan fingerprint density at radius 2 is 2.09 bits per heavy atom. The molecule has 4 nitrogen and oxygen atoms in total. The van der Waals surface area contributed by atoms with E-state index in [9.17, 15) is 4.79 Å². The lowest BCUT2D eigenvalue weighted by molar-refractivity contribution is -0.118. The van der Waals surface area contributed by atoms with Gasteiger partial charge < -0.3 is 9.73 Å². The number of carbonyl (C=O) groups is 1. The van der Waals surface area contributed by atoms with Gasteiger partial charge in [0.15, 0.2) is 0 Å². The van der Waals surface area contributed by atoms with Crippen LogP contribution in [0.4, 0.5) is 0 Å². The van der Waals surface area contributed by atoms with Gasteiger partial charge in [-0.25, -0.2) is 4.98 Å². The number of pyridine rings is 1. The van der Waals surface area contributed by atoms with Gasteiger partial charge in [-0.15, -0.1) is 0 Å². The van der Waals surface area contributed by atoms with E-state index in [0.717, 1.165) is 32.8 Å². The number of aromatic nitrogens is 1. The fourth-order valence-corrected chi connectivity index (χ4v) is 3.18. The average molecular weight is 326 g/mol. The summed E-state index contributed by atoms with van der Waals surface area (Å²) in [4.78, 5) is 16.7. The van der Waals surface area contributed by atoms with Crippen molar-refractivity contribution in [3.05, 3.63) is 59.5 Å². The number of nitrogens with one attached hydrogen (secondary N) is 1. The van der Waals surface area contributed by atoms with Crippen LogP contribution in [0, 0.1) is 13.8 Å². The summed E-state index contributed by atoms with van der Waals surface area (Å²) in [5, 5.41) is 4.88. The molecule has 118 valence electrons. The number of para-hydroxylation sites is 1. The number of nitrogens with zero attached hydrogens (tertiary/aromatic N) is 1. The van der Waals surface area contributed by atoms with E-state index in [4.69, 9.17) is 9.40 Å². The van der Waals surface area contributed by atoms with Crippen molar-refractivity contribution in [3.63, 3.8) is 0 Å². The third-order valence-electron chi connectivity index (χ3n) is 3.57. The van der Waals surface area contributed by atoms with E-state index in [-0.39, 0.29) is 5.91 Å². The summed E-state index contributed by atoms with van der Waals surface area (Å²) in [5.41, 5.74) is 3.23. The van der Waals surface area contributed by atoms with Gasteiger partial charge in [0.2, 0.25) is 5.91 Å². The topological polar surface area (TPSA) is 55.1 Å². The first kappa shape index (κ1) is 15.6. The number of furan rings is 1. The van der Waals surface area contributed by atoms with Gasteiger partial charge in [-0.1, -0.05) is 30.0 Å². The first-order valence-corrected chi connectivity index (χ1v) is 8.41. The highest BCUT2D eigenvalue weighted by Crippen LogP contribution is 2.25. The maximum absolute atomic E-state index is 12.0. The molecule has 23 heavy (non-hydrogen) atoms. The van der Waals surface area contributed by atoms with Gasteiger partial charge in [0.1, 0.15) is 10.8 Å². The number of hydrogen-bond donors (Lipinski definition) is 1. The van der Waals surface area contributed by atoms with E-state index >= 15 is 0 Å². The van der Waals surface area contributed by atoms with E-state index in [1.54, 1.807) is 12.3 Å². The van der Waals surface area contributed by atoms with Crippen molar-refractivity contribution in [3.8, 4) is 0 Å². The Hall–Kier alpha value is -2.27. The smallest absolute Gasteiger partial charge is 0.230 e. The minimum atomic E-state index is -0.0301. The van der Waals surface area contributed by atoms with E-state index in [2.05, 4.69) is 30.4 Å². The van der Waals surface area contributed by atoms with E-state index < -0.39 is 0 Å². The average Bonchev–Trinajstić information content (AvgIpc) is 3.05. The van der Waals surface area contributed by atoms with Crippen LogP contribution < -0.4 is 5.32 Å². The van der Waals surface area contributed by atoms with Gasteiger partial charge in [-0.3, -0.25) is 4.79 Å². The molecular formula is C18H18N2O2S. The summed E-state index contributed by atoms with van der Waals surface area (Å²) >= 11 is 1.46. The maximum atomic E-state index is 12.0. The Morgan fingerprint density at radius 3 is 2.87 bits per heavy atom. The van der Waals surface area contributed by atoms with Gasteiger partial charge in [-0.2, -0.15) is 0 Å². The molecule has 0 fully saturated rings. The molecule has 3 aromatic rings. The molecule has 0 saturated carbocycles. The normalized spacial score (nSPS) is 10.9. The number of rotatable bonds is 5. The molecule has 0 bridgehead atoms. The van der Waals surface area contributed by atoms with Crippen LogP contribution in [-0.2, 0) is 11.3 Å². The third kappa shape index (κ3) is 3.74. The van der Waals surface area contributed by atoms with Crippen LogP contribution in [-0.4, -0.2) is 16.6 Å². The number of carbonyl (C=O) groups excluding carboxylic acids is 1. The summed E-state index contributed by atoms with van der Waals surface area (Å²) in [6.45, 7) is 4.49. The molecule has 2 aromatic heterocycles. The number of hydrogen-bond acceptors (Lipinski definition) is 4. The number of benzene rings is 1. The largest absolute Gasteiger partial charge is 0.467 e.